The van der Waals surface area contributed by atoms with Gasteiger partial charge in [-0.15, -0.1) is 0 Å². The van der Waals surface area contributed by atoms with E-state index in [1.807, 2.05) is 62.4 Å². The highest BCUT2D eigenvalue weighted by molar-refractivity contribution is 5.98. The van der Waals surface area contributed by atoms with E-state index in [0.717, 1.165) is 22.4 Å². The van der Waals surface area contributed by atoms with Gasteiger partial charge in [-0.25, -0.2) is 0 Å². The summed E-state index contributed by atoms with van der Waals surface area (Å²) in [5.74, 6) is -0.316. The van der Waals surface area contributed by atoms with E-state index in [4.69, 9.17) is 0 Å². The van der Waals surface area contributed by atoms with E-state index in [-0.39, 0.29) is 18.4 Å². The third-order valence-electron chi connectivity index (χ3n) is 3.72. The van der Waals surface area contributed by atoms with Crippen molar-refractivity contribution >= 4 is 17.5 Å². The maximum absolute atomic E-state index is 12.2. The number of para-hydroxylation sites is 1. The molecular formula is C19H22N2O2. The molecule has 2 aromatic carbocycles. The highest BCUT2D eigenvalue weighted by Crippen LogP contribution is 2.24. The zero-order chi connectivity index (χ0) is 16.8. The van der Waals surface area contributed by atoms with E-state index in [1.165, 1.54) is 11.8 Å². The molecule has 0 saturated carbocycles. The molecule has 4 nitrogen and oxygen atoms in total. The van der Waals surface area contributed by atoms with Crippen LogP contribution < -0.4 is 10.2 Å². The number of aryl methyl sites for hydroxylation is 2. The molecule has 1 N–H and O–H groups in total. The second-order valence-corrected chi connectivity index (χ2v) is 5.61. The Morgan fingerprint density at radius 1 is 0.957 bits per heavy atom. The quantitative estimate of drug-likeness (QED) is 0.923. The van der Waals surface area contributed by atoms with Crippen molar-refractivity contribution in [2.75, 3.05) is 11.4 Å². The molecule has 2 amide bonds. The molecular weight excluding hydrogens is 288 g/mol. The predicted octanol–water partition coefficient (Wildman–Crippen LogP) is 2.97. The van der Waals surface area contributed by atoms with Crippen LogP contribution in [-0.4, -0.2) is 18.4 Å². The Labute approximate surface area is 137 Å². The highest BCUT2D eigenvalue weighted by atomic mass is 16.2. The number of nitrogens with one attached hydrogen (secondary N) is 1. The lowest BCUT2D eigenvalue weighted by Gasteiger charge is -2.24. The average molecular weight is 310 g/mol. The average Bonchev–Trinajstić information content (AvgIpc) is 2.52. The van der Waals surface area contributed by atoms with E-state index >= 15 is 0 Å². The number of carbonyl (C=O) groups is 2. The Morgan fingerprint density at radius 3 is 2.13 bits per heavy atom. The van der Waals surface area contributed by atoms with Gasteiger partial charge in [0.05, 0.1) is 5.69 Å². The number of hydrogen-bond acceptors (Lipinski definition) is 2. The Kier molecular flexibility index (Phi) is 5.52. The van der Waals surface area contributed by atoms with Gasteiger partial charge in [-0.3, -0.25) is 9.59 Å². The van der Waals surface area contributed by atoms with Gasteiger partial charge in [0, 0.05) is 13.5 Å². The summed E-state index contributed by atoms with van der Waals surface area (Å²) < 4.78 is 0. The maximum atomic E-state index is 12.2. The van der Waals surface area contributed by atoms with Crippen LogP contribution in [-0.2, 0) is 16.1 Å². The monoisotopic (exact) mass is 310 g/mol. The summed E-state index contributed by atoms with van der Waals surface area (Å²) in [5, 5.41) is 2.86. The normalized spacial score (nSPS) is 10.2. The summed E-state index contributed by atoms with van der Waals surface area (Å²) in [6.07, 6.45) is 0. The van der Waals surface area contributed by atoms with Crippen LogP contribution in [0.4, 0.5) is 5.69 Å². The number of rotatable bonds is 5. The Balaban J connectivity index is 2.08. The van der Waals surface area contributed by atoms with Crippen molar-refractivity contribution in [3.8, 4) is 0 Å². The van der Waals surface area contributed by atoms with E-state index < -0.39 is 0 Å². The van der Waals surface area contributed by atoms with Gasteiger partial charge in [-0.1, -0.05) is 48.5 Å². The molecule has 0 atom stereocenters. The minimum Gasteiger partial charge on any atom is -0.350 e. The van der Waals surface area contributed by atoms with Crippen LogP contribution in [0.25, 0.3) is 0 Å². The Morgan fingerprint density at radius 2 is 1.57 bits per heavy atom. The molecule has 23 heavy (non-hydrogen) atoms. The first kappa shape index (κ1) is 16.7. The molecule has 0 saturated heterocycles. The SMILES string of the molecule is CC(=O)N(CC(=O)NCc1ccccc1)c1c(C)cccc1C. The number of hydrogen-bond donors (Lipinski definition) is 1. The number of anilines is 1. The fourth-order valence-corrected chi connectivity index (χ4v) is 2.58. The number of benzene rings is 2. The smallest absolute Gasteiger partial charge is 0.240 e. The minimum absolute atomic E-state index is 0.0217. The molecule has 0 aromatic heterocycles. The van der Waals surface area contributed by atoms with E-state index in [1.54, 1.807) is 0 Å². The molecule has 2 rings (SSSR count). The molecule has 120 valence electrons. The second kappa shape index (κ2) is 7.58. The van der Waals surface area contributed by atoms with Crippen LogP contribution in [0.2, 0.25) is 0 Å². The van der Waals surface area contributed by atoms with Crippen LogP contribution in [0, 0.1) is 13.8 Å². The zero-order valence-electron chi connectivity index (χ0n) is 13.8. The van der Waals surface area contributed by atoms with E-state index in [0.29, 0.717) is 6.54 Å². The lowest BCUT2D eigenvalue weighted by atomic mass is 10.1. The fraction of sp³-hybridized carbons (Fsp3) is 0.263. The molecule has 0 spiro atoms. The van der Waals surface area contributed by atoms with Crippen molar-refractivity contribution in [1.82, 2.24) is 5.32 Å². The highest BCUT2D eigenvalue weighted by Gasteiger charge is 2.19. The predicted molar refractivity (Wildman–Crippen MR) is 92.2 cm³/mol. The number of nitrogens with zero attached hydrogens (tertiary/aromatic N) is 1. The fourth-order valence-electron chi connectivity index (χ4n) is 2.58. The van der Waals surface area contributed by atoms with Crippen LogP contribution in [0.15, 0.2) is 48.5 Å². The molecule has 0 radical (unpaired) electrons. The molecule has 0 fully saturated rings. The van der Waals surface area contributed by atoms with Gasteiger partial charge in [0.25, 0.3) is 0 Å². The van der Waals surface area contributed by atoms with Crippen LogP contribution in [0.3, 0.4) is 0 Å². The van der Waals surface area contributed by atoms with Crippen molar-refractivity contribution < 1.29 is 9.59 Å². The lowest BCUT2D eigenvalue weighted by molar-refractivity contribution is -0.123. The zero-order valence-corrected chi connectivity index (χ0v) is 13.8. The summed E-state index contributed by atoms with van der Waals surface area (Å²) in [5.41, 5.74) is 3.81. The van der Waals surface area contributed by atoms with Crippen molar-refractivity contribution in [3.63, 3.8) is 0 Å². The Hall–Kier alpha value is -2.62. The van der Waals surface area contributed by atoms with Crippen LogP contribution in [0.1, 0.15) is 23.6 Å². The summed E-state index contributed by atoms with van der Waals surface area (Å²) in [7, 11) is 0. The van der Waals surface area contributed by atoms with Crippen molar-refractivity contribution in [2.45, 2.75) is 27.3 Å². The van der Waals surface area contributed by atoms with Gasteiger partial charge in [0.2, 0.25) is 11.8 Å². The molecule has 0 bridgehead atoms. The van der Waals surface area contributed by atoms with E-state index in [2.05, 4.69) is 5.32 Å². The summed E-state index contributed by atoms with van der Waals surface area (Å²) in [4.78, 5) is 25.8. The summed E-state index contributed by atoms with van der Waals surface area (Å²) >= 11 is 0. The standard InChI is InChI=1S/C19H22N2O2/c1-14-8-7-9-15(2)19(14)21(16(3)22)13-18(23)20-12-17-10-5-4-6-11-17/h4-11H,12-13H2,1-3H3,(H,20,23). The summed E-state index contributed by atoms with van der Waals surface area (Å²) in [6.45, 7) is 5.85. The van der Waals surface area contributed by atoms with Crippen molar-refractivity contribution in [2.24, 2.45) is 0 Å². The summed E-state index contributed by atoms with van der Waals surface area (Å²) in [6, 6.07) is 15.5. The van der Waals surface area contributed by atoms with Gasteiger partial charge >= 0.3 is 0 Å². The van der Waals surface area contributed by atoms with Crippen LogP contribution >= 0.6 is 0 Å². The third kappa shape index (κ3) is 4.42. The van der Waals surface area contributed by atoms with E-state index in [9.17, 15) is 9.59 Å². The minimum atomic E-state index is -0.174. The molecule has 0 aliphatic rings. The van der Waals surface area contributed by atoms with Crippen LogP contribution in [0.5, 0.6) is 0 Å². The topological polar surface area (TPSA) is 49.4 Å². The number of carbonyl (C=O) groups excluding carboxylic acids is 2. The van der Waals surface area contributed by atoms with Crippen molar-refractivity contribution in [1.29, 1.82) is 0 Å². The Bertz CT molecular complexity index is 676. The molecule has 4 heteroatoms. The van der Waals surface area contributed by atoms with Gasteiger partial charge in [-0.2, -0.15) is 0 Å². The number of amides is 2. The van der Waals surface area contributed by atoms with Gasteiger partial charge in [-0.05, 0) is 30.5 Å². The first-order valence-corrected chi connectivity index (χ1v) is 7.64. The van der Waals surface area contributed by atoms with Gasteiger partial charge in [0.1, 0.15) is 6.54 Å². The van der Waals surface area contributed by atoms with Gasteiger partial charge in [0.15, 0.2) is 0 Å². The third-order valence-corrected chi connectivity index (χ3v) is 3.72. The molecule has 0 aliphatic carbocycles. The molecule has 0 aliphatic heterocycles. The lowest BCUT2D eigenvalue weighted by Crippen LogP contribution is -2.40. The molecule has 0 heterocycles. The largest absolute Gasteiger partial charge is 0.350 e. The first-order valence-electron chi connectivity index (χ1n) is 7.64. The molecule has 0 unspecified atom stereocenters. The van der Waals surface area contributed by atoms with Gasteiger partial charge < -0.3 is 10.2 Å². The van der Waals surface area contributed by atoms with Crippen molar-refractivity contribution in [3.05, 3.63) is 65.2 Å². The maximum Gasteiger partial charge on any atom is 0.240 e. The second-order valence-electron chi connectivity index (χ2n) is 5.61. The molecule has 2 aromatic rings. The first-order chi connectivity index (χ1) is 11.0.